The first-order valence-corrected chi connectivity index (χ1v) is 9.65. The molecule has 1 fully saturated rings. The number of anilines is 1. The van der Waals surface area contributed by atoms with Crippen LogP contribution in [0.2, 0.25) is 0 Å². The predicted octanol–water partition coefficient (Wildman–Crippen LogP) is 2.65. The summed E-state index contributed by atoms with van der Waals surface area (Å²) < 4.78 is 5.16. The molecule has 3 N–H and O–H groups in total. The number of methoxy groups -OCH3 is 1. The Morgan fingerprint density at radius 1 is 1.28 bits per heavy atom. The van der Waals surface area contributed by atoms with Crippen LogP contribution in [0.25, 0.3) is 0 Å². The van der Waals surface area contributed by atoms with Crippen molar-refractivity contribution in [2.24, 2.45) is 16.6 Å². The normalized spacial score (nSPS) is 19.6. The molecule has 0 saturated carbocycles. The second-order valence-corrected chi connectivity index (χ2v) is 7.28. The Morgan fingerprint density at radius 2 is 2.08 bits per heavy atom. The Bertz CT molecular complexity index is 579. The molecular formula is C20H32N4O. The van der Waals surface area contributed by atoms with Crippen molar-refractivity contribution in [2.45, 2.75) is 38.5 Å². The predicted molar refractivity (Wildman–Crippen MR) is 104 cm³/mol. The number of aliphatic imine (C=N–C) groups is 1. The van der Waals surface area contributed by atoms with Crippen LogP contribution >= 0.6 is 0 Å². The highest BCUT2D eigenvalue weighted by atomic mass is 16.5. The molecule has 0 unspecified atom stereocenters. The fourth-order valence-corrected chi connectivity index (χ4v) is 3.92. The molecular weight excluding hydrogens is 312 g/mol. The number of ether oxygens (including phenoxy) is 1. The zero-order valence-corrected chi connectivity index (χ0v) is 15.5. The molecule has 0 aromatic heterocycles. The van der Waals surface area contributed by atoms with E-state index in [0.717, 1.165) is 44.9 Å². The van der Waals surface area contributed by atoms with Crippen molar-refractivity contribution in [1.29, 1.82) is 0 Å². The van der Waals surface area contributed by atoms with E-state index in [2.05, 4.69) is 33.4 Å². The fraction of sp³-hybridized carbons (Fsp3) is 0.650. The number of benzene rings is 1. The van der Waals surface area contributed by atoms with Crippen molar-refractivity contribution >= 4 is 11.6 Å². The number of nitrogens with two attached hydrogens (primary N) is 1. The van der Waals surface area contributed by atoms with Gasteiger partial charge < -0.3 is 20.7 Å². The summed E-state index contributed by atoms with van der Waals surface area (Å²) in [5, 5.41) is 3.35. The van der Waals surface area contributed by atoms with Gasteiger partial charge in [0.25, 0.3) is 0 Å². The summed E-state index contributed by atoms with van der Waals surface area (Å²) >= 11 is 0. The van der Waals surface area contributed by atoms with Crippen LogP contribution in [0.4, 0.5) is 5.69 Å². The number of hydrogen-bond donors (Lipinski definition) is 2. The molecule has 5 heteroatoms. The number of rotatable bonds is 6. The van der Waals surface area contributed by atoms with Gasteiger partial charge in [0.05, 0.1) is 6.61 Å². The molecule has 1 aromatic carbocycles. The van der Waals surface area contributed by atoms with Gasteiger partial charge >= 0.3 is 0 Å². The summed E-state index contributed by atoms with van der Waals surface area (Å²) in [6, 6.07) is 6.49. The maximum atomic E-state index is 6.16. The van der Waals surface area contributed by atoms with Gasteiger partial charge in [-0.3, -0.25) is 4.99 Å². The molecule has 2 aliphatic rings. The van der Waals surface area contributed by atoms with Gasteiger partial charge in [0.2, 0.25) is 0 Å². The van der Waals surface area contributed by atoms with Crippen molar-refractivity contribution < 1.29 is 4.74 Å². The Morgan fingerprint density at radius 3 is 2.88 bits per heavy atom. The number of aryl methyl sites for hydroxylation is 1. The van der Waals surface area contributed by atoms with E-state index in [9.17, 15) is 0 Å². The molecule has 0 atom stereocenters. The zero-order valence-electron chi connectivity index (χ0n) is 15.5. The van der Waals surface area contributed by atoms with Crippen LogP contribution in [0.1, 0.15) is 36.8 Å². The van der Waals surface area contributed by atoms with Gasteiger partial charge in [-0.1, -0.05) is 12.1 Å². The molecule has 1 saturated heterocycles. The molecule has 0 amide bonds. The number of fused-ring (bicyclic) bond motifs is 1. The average molecular weight is 345 g/mol. The van der Waals surface area contributed by atoms with Crippen LogP contribution in [0.15, 0.2) is 23.2 Å². The lowest BCUT2D eigenvalue weighted by atomic mass is 9.90. The van der Waals surface area contributed by atoms with Gasteiger partial charge in [0.15, 0.2) is 5.96 Å². The van der Waals surface area contributed by atoms with Gasteiger partial charge in [-0.25, -0.2) is 0 Å². The molecule has 1 aromatic rings. The van der Waals surface area contributed by atoms with E-state index in [4.69, 9.17) is 10.5 Å². The molecule has 1 aliphatic heterocycles. The number of guanidine groups is 1. The minimum absolute atomic E-state index is 0.556. The van der Waals surface area contributed by atoms with E-state index < -0.39 is 0 Å². The van der Waals surface area contributed by atoms with E-state index >= 15 is 0 Å². The Labute approximate surface area is 151 Å². The standard InChI is InChI=1S/C20H32N4O/c1-25-14-13-24-11-9-16(10-12-24)15-22-20(21)23-19-8-4-6-17-5-2-3-7-18(17)19/h4,6,8,16H,2-3,5,7,9-15H2,1H3,(H3,21,22,23). The second-order valence-electron chi connectivity index (χ2n) is 7.28. The number of piperidine rings is 1. The van der Waals surface area contributed by atoms with E-state index in [1.165, 1.54) is 43.2 Å². The first-order chi connectivity index (χ1) is 12.3. The molecule has 0 bridgehead atoms. The topological polar surface area (TPSA) is 62.9 Å². The molecule has 138 valence electrons. The fourth-order valence-electron chi connectivity index (χ4n) is 3.92. The molecule has 1 heterocycles. The van der Waals surface area contributed by atoms with Gasteiger partial charge in [0, 0.05) is 25.9 Å². The Balaban J connectivity index is 1.48. The summed E-state index contributed by atoms with van der Waals surface area (Å²) in [6.07, 6.45) is 7.28. The van der Waals surface area contributed by atoms with Gasteiger partial charge in [-0.2, -0.15) is 0 Å². The quantitative estimate of drug-likeness (QED) is 0.615. The highest BCUT2D eigenvalue weighted by molar-refractivity contribution is 5.93. The average Bonchev–Trinajstić information content (AvgIpc) is 2.66. The first kappa shape index (κ1) is 18.2. The Kier molecular flexibility index (Phi) is 6.70. The minimum atomic E-state index is 0.556. The maximum Gasteiger partial charge on any atom is 0.193 e. The number of nitrogens with one attached hydrogen (secondary N) is 1. The van der Waals surface area contributed by atoms with E-state index in [1.807, 2.05) is 0 Å². The van der Waals surface area contributed by atoms with Gasteiger partial charge in [-0.15, -0.1) is 0 Å². The van der Waals surface area contributed by atoms with Gasteiger partial charge in [-0.05, 0) is 74.7 Å². The van der Waals surface area contributed by atoms with Crippen molar-refractivity contribution in [1.82, 2.24) is 4.90 Å². The van der Waals surface area contributed by atoms with Crippen molar-refractivity contribution in [3.8, 4) is 0 Å². The van der Waals surface area contributed by atoms with E-state index in [1.54, 1.807) is 7.11 Å². The lowest BCUT2D eigenvalue weighted by molar-refractivity contribution is 0.121. The van der Waals surface area contributed by atoms with Gasteiger partial charge in [0.1, 0.15) is 0 Å². The maximum absolute atomic E-state index is 6.16. The molecule has 0 radical (unpaired) electrons. The van der Waals surface area contributed by atoms with E-state index in [0.29, 0.717) is 11.9 Å². The second kappa shape index (κ2) is 9.20. The SMILES string of the molecule is COCCN1CCC(CN=C(N)Nc2cccc3c2CCCC3)CC1. The highest BCUT2D eigenvalue weighted by Gasteiger charge is 2.19. The van der Waals surface area contributed by atoms with Crippen molar-refractivity contribution in [3.05, 3.63) is 29.3 Å². The molecule has 3 rings (SSSR count). The smallest absolute Gasteiger partial charge is 0.193 e. The first-order valence-electron chi connectivity index (χ1n) is 9.65. The monoisotopic (exact) mass is 344 g/mol. The molecule has 0 spiro atoms. The third-order valence-electron chi connectivity index (χ3n) is 5.50. The summed E-state index contributed by atoms with van der Waals surface area (Å²) in [4.78, 5) is 7.09. The summed E-state index contributed by atoms with van der Waals surface area (Å²) in [5.74, 6) is 1.20. The summed E-state index contributed by atoms with van der Waals surface area (Å²) in [5.41, 5.74) is 10.2. The third-order valence-corrected chi connectivity index (χ3v) is 5.50. The molecule has 1 aliphatic carbocycles. The van der Waals surface area contributed by atoms with Crippen LogP contribution in [-0.2, 0) is 17.6 Å². The van der Waals surface area contributed by atoms with Crippen molar-refractivity contribution in [3.63, 3.8) is 0 Å². The number of likely N-dealkylation sites (tertiary alicyclic amines) is 1. The van der Waals surface area contributed by atoms with Crippen LogP contribution in [0, 0.1) is 5.92 Å². The number of nitrogens with zero attached hydrogens (tertiary/aromatic N) is 2. The molecule has 5 nitrogen and oxygen atoms in total. The van der Waals surface area contributed by atoms with E-state index in [-0.39, 0.29) is 0 Å². The van der Waals surface area contributed by atoms with Crippen LogP contribution < -0.4 is 11.1 Å². The minimum Gasteiger partial charge on any atom is -0.383 e. The summed E-state index contributed by atoms with van der Waals surface area (Å²) in [7, 11) is 1.76. The highest BCUT2D eigenvalue weighted by Crippen LogP contribution is 2.27. The summed E-state index contributed by atoms with van der Waals surface area (Å²) in [6.45, 7) is 4.97. The van der Waals surface area contributed by atoms with Crippen LogP contribution in [-0.4, -0.2) is 50.8 Å². The zero-order chi connectivity index (χ0) is 17.5. The number of hydrogen-bond acceptors (Lipinski definition) is 3. The van der Waals surface area contributed by atoms with Crippen LogP contribution in [0.5, 0.6) is 0 Å². The lowest BCUT2D eigenvalue weighted by Gasteiger charge is -2.31. The Hall–Kier alpha value is -1.59. The van der Waals surface area contributed by atoms with Crippen LogP contribution in [0.3, 0.4) is 0 Å². The third kappa shape index (κ3) is 5.19. The lowest BCUT2D eigenvalue weighted by Crippen LogP contribution is -2.37. The largest absolute Gasteiger partial charge is 0.383 e. The molecule has 25 heavy (non-hydrogen) atoms. The van der Waals surface area contributed by atoms with Crippen molar-refractivity contribution in [2.75, 3.05) is 45.2 Å².